The molecule has 0 aliphatic carbocycles. The molecule has 0 unspecified atom stereocenters. The lowest BCUT2D eigenvalue weighted by Gasteiger charge is -2.29. The van der Waals surface area contributed by atoms with E-state index in [0.29, 0.717) is 6.54 Å². The fraction of sp³-hybridized carbons (Fsp3) is 0.227. The number of carbonyl (C=O) groups excluding carboxylic acids is 1. The molecule has 0 bridgehead atoms. The van der Waals surface area contributed by atoms with Crippen LogP contribution in [0.3, 0.4) is 0 Å². The van der Waals surface area contributed by atoms with Crippen LogP contribution in [-0.4, -0.2) is 31.4 Å². The Balaban J connectivity index is 1.60. The molecule has 0 radical (unpaired) electrons. The molecule has 0 fully saturated rings. The second kappa shape index (κ2) is 7.55. The summed E-state index contributed by atoms with van der Waals surface area (Å²) in [5.41, 5.74) is 1.82. The summed E-state index contributed by atoms with van der Waals surface area (Å²) in [6, 6.07) is 19.8. The van der Waals surface area contributed by atoms with E-state index in [1.54, 1.807) is 11.3 Å². The first-order chi connectivity index (χ1) is 13.1. The minimum atomic E-state index is -0.364. The van der Waals surface area contributed by atoms with Crippen molar-refractivity contribution in [2.24, 2.45) is 0 Å². The summed E-state index contributed by atoms with van der Waals surface area (Å²) in [5.74, 6) is 1.14. The quantitative estimate of drug-likeness (QED) is 0.715. The number of benzene rings is 2. The van der Waals surface area contributed by atoms with Gasteiger partial charge < -0.3 is 15.0 Å². The lowest BCUT2D eigenvalue weighted by Crippen LogP contribution is -2.37. The number of amides is 1. The molecule has 5 heteroatoms. The largest absolute Gasteiger partial charge is 0.457 e. The van der Waals surface area contributed by atoms with E-state index >= 15 is 0 Å². The van der Waals surface area contributed by atoms with E-state index in [-0.39, 0.29) is 17.9 Å². The van der Waals surface area contributed by atoms with Gasteiger partial charge in [-0.05, 0) is 37.7 Å². The van der Waals surface area contributed by atoms with Crippen molar-refractivity contribution in [1.82, 2.24) is 10.2 Å². The zero-order valence-corrected chi connectivity index (χ0v) is 16.2. The van der Waals surface area contributed by atoms with Crippen molar-refractivity contribution >= 4 is 17.2 Å². The van der Waals surface area contributed by atoms with Crippen molar-refractivity contribution in [1.29, 1.82) is 0 Å². The predicted octanol–water partition coefficient (Wildman–Crippen LogP) is 4.40. The fourth-order valence-electron chi connectivity index (χ4n) is 3.51. The molecule has 4 rings (SSSR count). The Labute approximate surface area is 163 Å². The Morgan fingerprint density at radius 1 is 1.04 bits per heavy atom. The first kappa shape index (κ1) is 17.8. The topological polar surface area (TPSA) is 41.6 Å². The number of hydrogen-bond donors (Lipinski definition) is 1. The second-order valence-electron chi connectivity index (χ2n) is 6.85. The zero-order chi connectivity index (χ0) is 18.8. The standard InChI is InChI=1S/C22H22N2O2S/c1-24(2)17(20-12-7-13-27-20)14-23-22(25)21-15-8-3-5-10-18(15)26-19-11-6-4-9-16(19)21/h3-13,17,21H,14H2,1-2H3,(H,23,25)/t17-/m0/s1. The van der Waals surface area contributed by atoms with E-state index in [1.807, 2.05) is 68.7 Å². The van der Waals surface area contributed by atoms with Gasteiger partial charge in [0, 0.05) is 22.5 Å². The van der Waals surface area contributed by atoms with Gasteiger partial charge in [0.15, 0.2) is 0 Å². The van der Waals surface area contributed by atoms with Gasteiger partial charge in [-0.25, -0.2) is 0 Å². The molecule has 0 saturated heterocycles. The number of para-hydroxylation sites is 2. The molecule has 2 aromatic carbocycles. The maximum Gasteiger partial charge on any atom is 0.232 e. The third-order valence-corrected chi connectivity index (χ3v) is 5.88. The van der Waals surface area contributed by atoms with Gasteiger partial charge in [0.25, 0.3) is 0 Å². The van der Waals surface area contributed by atoms with E-state index in [2.05, 4.69) is 21.7 Å². The van der Waals surface area contributed by atoms with Crippen LogP contribution in [0.15, 0.2) is 66.0 Å². The lowest BCUT2D eigenvalue weighted by atomic mass is 9.87. The molecule has 0 spiro atoms. The zero-order valence-electron chi connectivity index (χ0n) is 15.4. The summed E-state index contributed by atoms with van der Waals surface area (Å²) >= 11 is 1.71. The van der Waals surface area contributed by atoms with Gasteiger partial charge in [0.1, 0.15) is 11.5 Å². The van der Waals surface area contributed by atoms with Crippen molar-refractivity contribution in [3.8, 4) is 11.5 Å². The Morgan fingerprint density at radius 3 is 2.22 bits per heavy atom. The van der Waals surface area contributed by atoms with Gasteiger partial charge in [0.05, 0.1) is 12.0 Å². The number of thiophene rings is 1. The minimum Gasteiger partial charge on any atom is -0.457 e. The highest BCUT2D eigenvalue weighted by molar-refractivity contribution is 7.10. The van der Waals surface area contributed by atoms with Gasteiger partial charge in [-0.1, -0.05) is 42.5 Å². The number of hydrogen-bond acceptors (Lipinski definition) is 4. The molecular weight excluding hydrogens is 356 g/mol. The highest BCUT2D eigenvalue weighted by Crippen LogP contribution is 2.43. The van der Waals surface area contributed by atoms with E-state index < -0.39 is 0 Å². The van der Waals surface area contributed by atoms with Crippen LogP contribution in [0.2, 0.25) is 0 Å². The van der Waals surface area contributed by atoms with E-state index in [4.69, 9.17) is 4.74 Å². The lowest BCUT2D eigenvalue weighted by molar-refractivity contribution is -0.122. The molecule has 2 heterocycles. The van der Waals surface area contributed by atoms with Crippen molar-refractivity contribution in [2.45, 2.75) is 12.0 Å². The molecule has 1 amide bonds. The average Bonchev–Trinajstić information content (AvgIpc) is 3.20. The Hall–Kier alpha value is -2.63. The number of nitrogens with zero attached hydrogens (tertiary/aromatic N) is 1. The normalized spacial score (nSPS) is 14.2. The van der Waals surface area contributed by atoms with Crippen LogP contribution < -0.4 is 10.1 Å². The first-order valence-electron chi connectivity index (χ1n) is 8.98. The predicted molar refractivity (Wildman–Crippen MR) is 109 cm³/mol. The number of carbonyl (C=O) groups is 1. The summed E-state index contributed by atoms with van der Waals surface area (Å²) in [7, 11) is 4.07. The van der Waals surface area contributed by atoms with Crippen LogP contribution in [0.4, 0.5) is 0 Å². The Morgan fingerprint density at radius 2 is 1.67 bits per heavy atom. The Bertz CT molecular complexity index is 892. The van der Waals surface area contributed by atoms with Crippen LogP contribution >= 0.6 is 11.3 Å². The van der Waals surface area contributed by atoms with Gasteiger partial charge >= 0.3 is 0 Å². The van der Waals surface area contributed by atoms with Gasteiger partial charge in [-0.3, -0.25) is 4.79 Å². The third kappa shape index (κ3) is 3.48. The maximum absolute atomic E-state index is 13.2. The molecule has 0 saturated carbocycles. The molecule has 4 nitrogen and oxygen atoms in total. The average molecular weight is 378 g/mol. The van der Waals surface area contributed by atoms with Crippen LogP contribution in [0.5, 0.6) is 11.5 Å². The monoisotopic (exact) mass is 378 g/mol. The summed E-state index contributed by atoms with van der Waals surface area (Å²) in [5, 5.41) is 5.24. The number of rotatable bonds is 5. The van der Waals surface area contributed by atoms with Gasteiger partial charge in [0.2, 0.25) is 5.91 Å². The molecule has 1 aliphatic rings. The van der Waals surface area contributed by atoms with E-state index in [1.165, 1.54) is 4.88 Å². The number of likely N-dealkylation sites (N-methyl/N-ethyl adjacent to an activating group) is 1. The summed E-state index contributed by atoms with van der Waals surface area (Å²) in [4.78, 5) is 16.6. The second-order valence-corrected chi connectivity index (χ2v) is 7.83. The highest BCUT2D eigenvalue weighted by Gasteiger charge is 2.32. The number of fused-ring (bicyclic) bond motifs is 2. The molecule has 1 N–H and O–H groups in total. The van der Waals surface area contributed by atoms with E-state index in [9.17, 15) is 4.79 Å². The Kier molecular flexibility index (Phi) is 4.97. The van der Waals surface area contributed by atoms with Gasteiger partial charge in [-0.2, -0.15) is 0 Å². The third-order valence-electron chi connectivity index (χ3n) is 4.91. The fourth-order valence-corrected chi connectivity index (χ4v) is 4.43. The maximum atomic E-state index is 13.2. The molecule has 1 aromatic heterocycles. The molecule has 138 valence electrons. The number of nitrogens with one attached hydrogen (secondary N) is 1. The molecule has 27 heavy (non-hydrogen) atoms. The molecule has 1 atom stereocenters. The van der Waals surface area contributed by atoms with Crippen molar-refractivity contribution < 1.29 is 9.53 Å². The molecule has 3 aromatic rings. The van der Waals surface area contributed by atoms with Crippen molar-refractivity contribution in [2.75, 3.05) is 20.6 Å². The van der Waals surface area contributed by atoms with Crippen LogP contribution in [-0.2, 0) is 4.79 Å². The van der Waals surface area contributed by atoms with Crippen molar-refractivity contribution in [3.63, 3.8) is 0 Å². The summed E-state index contributed by atoms with van der Waals surface area (Å²) in [6.07, 6.45) is 0. The van der Waals surface area contributed by atoms with Crippen molar-refractivity contribution in [3.05, 3.63) is 82.0 Å². The van der Waals surface area contributed by atoms with Gasteiger partial charge in [-0.15, -0.1) is 11.3 Å². The summed E-state index contributed by atoms with van der Waals surface area (Å²) < 4.78 is 5.99. The smallest absolute Gasteiger partial charge is 0.232 e. The highest BCUT2D eigenvalue weighted by atomic mass is 32.1. The number of ether oxygens (including phenoxy) is 1. The molecule has 1 aliphatic heterocycles. The van der Waals surface area contributed by atoms with Crippen LogP contribution in [0.1, 0.15) is 28.0 Å². The minimum absolute atomic E-state index is 0.00149. The van der Waals surface area contributed by atoms with Crippen LogP contribution in [0, 0.1) is 0 Å². The van der Waals surface area contributed by atoms with E-state index in [0.717, 1.165) is 22.6 Å². The molecular formula is C22H22N2O2S. The first-order valence-corrected chi connectivity index (χ1v) is 9.86. The SMILES string of the molecule is CN(C)[C@@H](CNC(=O)C1c2ccccc2Oc2ccccc21)c1cccs1. The van der Waals surface area contributed by atoms with Crippen LogP contribution in [0.25, 0.3) is 0 Å². The summed E-state index contributed by atoms with van der Waals surface area (Å²) in [6.45, 7) is 0.564.